The molecule has 4 heterocycles. The lowest BCUT2D eigenvalue weighted by Gasteiger charge is -2.47. The number of nitrogens with zero attached hydrogens (tertiary/aromatic N) is 3. The van der Waals surface area contributed by atoms with Crippen molar-refractivity contribution < 1.29 is 0 Å². The molecule has 3 heteroatoms. The minimum absolute atomic E-state index is 0.0861. The highest BCUT2D eigenvalue weighted by Crippen LogP contribution is 2.57. The third-order valence-electron chi connectivity index (χ3n) is 14.1. The molecule has 0 saturated carbocycles. The lowest BCUT2D eigenvalue weighted by atomic mass is 9.58. The number of hydrogen-bond donors (Lipinski definition) is 0. The van der Waals surface area contributed by atoms with Crippen LogP contribution in [0, 0.1) is 0 Å². The molecule has 0 fully saturated rings. The zero-order valence-electron chi connectivity index (χ0n) is 32.9. The molecule has 1 unspecified atom stereocenters. The van der Waals surface area contributed by atoms with Gasteiger partial charge in [0.05, 0.1) is 38.8 Å². The van der Waals surface area contributed by atoms with Gasteiger partial charge in [-0.05, 0) is 119 Å². The van der Waals surface area contributed by atoms with E-state index in [1.165, 1.54) is 98.9 Å². The quantitative estimate of drug-likeness (QED) is 0.171. The minimum atomic E-state index is -0.0861. The molecule has 11 aromatic rings. The molecular weight excluding hydrogens is 703 g/mol. The van der Waals surface area contributed by atoms with Crippen molar-refractivity contribution in [3.8, 4) is 28.2 Å². The van der Waals surface area contributed by atoms with Gasteiger partial charge in [-0.3, -0.25) is 0 Å². The largest absolute Gasteiger partial charge is 0.309 e. The third kappa shape index (κ3) is 4.08. The summed E-state index contributed by atoms with van der Waals surface area (Å²) in [6.07, 6.45) is 2.29. The topological polar surface area (TPSA) is 14.8 Å². The standard InChI is InChI=1S/C55H41N3/c1-54(2)29-30-55(3)45-32-35(31-43-41-16-7-11-21-49(41)58(53(43)45)50-22-12-17-44(54)52(50)55)34-23-28-42-40-15-6-10-20-48(40)57(51(42)33-34)37-26-24-36(25-27-37)56-46-18-8-4-13-38(46)39-14-5-9-19-47(39)56/h4-28,31-33H,29-30H2,1-3H3. The predicted molar refractivity (Wildman–Crippen MR) is 244 cm³/mol. The summed E-state index contributed by atoms with van der Waals surface area (Å²) < 4.78 is 7.44. The van der Waals surface area contributed by atoms with Crippen LogP contribution in [0.25, 0.3) is 93.6 Å². The Kier molecular flexibility index (Phi) is 6.22. The van der Waals surface area contributed by atoms with E-state index in [0.29, 0.717) is 0 Å². The third-order valence-corrected chi connectivity index (χ3v) is 14.1. The Balaban J connectivity index is 1.03. The zero-order valence-corrected chi connectivity index (χ0v) is 32.9. The molecule has 58 heavy (non-hydrogen) atoms. The van der Waals surface area contributed by atoms with Gasteiger partial charge < -0.3 is 13.7 Å². The van der Waals surface area contributed by atoms with E-state index in [1.807, 2.05) is 0 Å². The Hall–Kier alpha value is -6.84. The summed E-state index contributed by atoms with van der Waals surface area (Å²) in [5.74, 6) is 0. The van der Waals surface area contributed by atoms with E-state index >= 15 is 0 Å². The molecule has 3 aromatic heterocycles. The van der Waals surface area contributed by atoms with Crippen LogP contribution in [0.2, 0.25) is 0 Å². The average molecular weight is 744 g/mol. The molecule has 2 aliphatic rings. The van der Waals surface area contributed by atoms with Crippen LogP contribution in [-0.4, -0.2) is 13.7 Å². The molecule has 1 atom stereocenters. The molecule has 0 N–H and O–H groups in total. The van der Waals surface area contributed by atoms with Gasteiger partial charge in [-0.1, -0.05) is 118 Å². The average Bonchev–Trinajstić information content (AvgIpc) is 3.90. The van der Waals surface area contributed by atoms with Crippen molar-refractivity contribution in [3.05, 3.63) is 187 Å². The molecular formula is C55H41N3. The van der Waals surface area contributed by atoms with Crippen molar-refractivity contribution in [2.45, 2.75) is 44.4 Å². The summed E-state index contributed by atoms with van der Waals surface area (Å²) in [4.78, 5) is 0. The molecule has 8 aromatic carbocycles. The van der Waals surface area contributed by atoms with Crippen molar-refractivity contribution in [3.63, 3.8) is 0 Å². The summed E-state index contributed by atoms with van der Waals surface area (Å²) in [6.45, 7) is 7.39. The minimum Gasteiger partial charge on any atom is -0.309 e. The Labute approximate surface area is 337 Å². The van der Waals surface area contributed by atoms with Gasteiger partial charge in [-0.15, -0.1) is 0 Å². The first kappa shape index (κ1) is 32.3. The van der Waals surface area contributed by atoms with E-state index in [9.17, 15) is 0 Å². The Morgan fingerprint density at radius 1 is 0.379 bits per heavy atom. The van der Waals surface area contributed by atoms with Gasteiger partial charge in [0.25, 0.3) is 0 Å². The van der Waals surface area contributed by atoms with E-state index in [2.05, 4.69) is 204 Å². The van der Waals surface area contributed by atoms with Gasteiger partial charge in [0.15, 0.2) is 0 Å². The van der Waals surface area contributed by atoms with Gasteiger partial charge in [0.1, 0.15) is 0 Å². The summed E-state index contributed by atoms with van der Waals surface area (Å²) in [7, 11) is 0. The highest BCUT2D eigenvalue weighted by molar-refractivity contribution is 6.14. The molecule has 1 aliphatic carbocycles. The van der Waals surface area contributed by atoms with Gasteiger partial charge in [-0.25, -0.2) is 0 Å². The number of benzene rings is 8. The fourth-order valence-corrected chi connectivity index (χ4v) is 11.3. The smallest absolute Gasteiger partial charge is 0.0582 e. The van der Waals surface area contributed by atoms with Crippen molar-refractivity contribution in [1.82, 2.24) is 13.7 Å². The Bertz CT molecular complexity index is 3500. The second kappa shape index (κ2) is 11.2. The summed E-state index contributed by atoms with van der Waals surface area (Å²) in [5.41, 5.74) is 18.2. The van der Waals surface area contributed by atoms with E-state index in [4.69, 9.17) is 0 Å². The monoisotopic (exact) mass is 743 g/mol. The van der Waals surface area contributed by atoms with Crippen LogP contribution in [-0.2, 0) is 10.8 Å². The number of fused-ring (bicyclic) bond motifs is 11. The SMILES string of the molecule is CC1(C)CCC2(C)c3c(cccc31)-n1c3ccccc3c3cc(-c4ccc5c6ccccc6n(-c6ccc(-n7c8ccccc8c8ccccc87)cc6)c5c4)cc2c31. The summed E-state index contributed by atoms with van der Waals surface area (Å²) in [5, 5.41) is 7.75. The highest BCUT2D eigenvalue weighted by Gasteiger charge is 2.46. The first-order chi connectivity index (χ1) is 28.4. The van der Waals surface area contributed by atoms with Crippen molar-refractivity contribution >= 4 is 65.4 Å². The van der Waals surface area contributed by atoms with Gasteiger partial charge >= 0.3 is 0 Å². The molecule has 0 radical (unpaired) electrons. The fourth-order valence-electron chi connectivity index (χ4n) is 11.3. The number of para-hydroxylation sites is 4. The number of hydrogen-bond acceptors (Lipinski definition) is 0. The van der Waals surface area contributed by atoms with E-state index in [1.54, 1.807) is 0 Å². The van der Waals surface area contributed by atoms with Crippen LogP contribution in [0.4, 0.5) is 0 Å². The number of aromatic nitrogens is 3. The van der Waals surface area contributed by atoms with Crippen molar-refractivity contribution in [2.75, 3.05) is 0 Å². The van der Waals surface area contributed by atoms with Crippen LogP contribution in [0.5, 0.6) is 0 Å². The lowest BCUT2D eigenvalue weighted by molar-refractivity contribution is 0.347. The maximum atomic E-state index is 2.58. The van der Waals surface area contributed by atoms with E-state index in [-0.39, 0.29) is 10.8 Å². The highest BCUT2D eigenvalue weighted by atomic mass is 15.0. The fraction of sp³-hybridized carbons (Fsp3) is 0.127. The lowest BCUT2D eigenvalue weighted by Crippen LogP contribution is -2.39. The maximum absolute atomic E-state index is 2.58. The van der Waals surface area contributed by atoms with Crippen LogP contribution in [0.1, 0.15) is 50.3 Å². The van der Waals surface area contributed by atoms with Crippen LogP contribution >= 0.6 is 0 Å². The number of rotatable bonds is 3. The molecule has 276 valence electrons. The first-order valence-corrected chi connectivity index (χ1v) is 20.7. The van der Waals surface area contributed by atoms with Crippen LogP contribution in [0.3, 0.4) is 0 Å². The van der Waals surface area contributed by atoms with Crippen molar-refractivity contribution in [2.24, 2.45) is 0 Å². The Morgan fingerprint density at radius 3 is 1.50 bits per heavy atom. The first-order valence-electron chi connectivity index (χ1n) is 20.7. The van der Waals surface area contributed by atoms with Crippen LogP contribution in [0.15, 0.2) is 170 Å². The molecule has 0 amide bonds. The summed E-state index contributed by atoms with van der Waals surface area (Å²) >= 11 is 0. The molecule has 0 bridgehead atoms. The Morgan fingerprint density at radius 2 is 0.897 bits per heavy atom. The molecule has 1 aliphatic heterocycles. The van der Waals surface area contributed by atoms with E-state index < -0.39 is 0 Å². The van der Waals surface area contributed by atoms with E-state index in [0.717, 1.165) is 24.2 Å². The van der Waals surface area contributed by atoms with Crippen molar-refractivity contribution in [1.29, 1.82) is 0 Å². The summed E-state index contributed by atoms with van der Waals surface area (Å²) in [6, 6.07) is 63.7. The van der Waals surface area contributed by atoms with Gasteiger partial charge in [-0.2, -0.15) is 0 Å². The van der Waals surface area contributed by atoms with Crippen LogP contribution < -0.4 is 0 Å². The normalized spacial score (nSPS) is 16.9. The molecule has 13 rings (SSSR count). The molecule has 3 nitrogen and oxygen atoms in total. The zero-order chi connectivity index (χ0) is 38.5. The molecule has 0 spiro atoms. The second-order valence-electron chi connectivity index (χ2n) is 17.7. The maximum Gasteiger partial charge on any atom is 0.0582 e. The predicted octanol–water partition coefficient (Wildman–Crippen LogP) is 14.3. The second-order valence-corrected chi connectivity index (χ2v) is 17.7. The van der Waals surface area contributed by atoms with Gasteiger partial charge in [0, 0.05) is 49.1 Å². The molecule has 0 saturated heterocycles. The van der Waals surface area contributed by atoms with Gasteiger partial charge in [0.2, 0.25) is 0 Å².